The van der Waals surface area contributed by atoms with E-state index >= 15 is 0 Å². The molecule has 0 unspecified atom stereocenters. The van der Waals surface area contributed by atoms with Gasteiger partial charge in [-0.05, 0) is 61.3 Å². The zero-order valence-electron chi connectivity index (χ0n) is 23.9. The number of morpholine rings is 1. The standard InChI is InChI=1S/C30H36N10O2/c1-2-23-19-33-40(20-23)30(10-11-31)21-38(22-30)26-5-3-14-39-27(26)35-29(36-39)34-25-8-6-24(7-9-25)28(41)32-12-4-13-37-15-17-42-18-16-37/h3,5-9,14,19-20H,2,4,10,12-13,15-18,21-22H2,1H3,(H,32,41)(H,34,36). The van der Waals surface area contributed by atoms with Gasteiger partial charge in [0.2, 0.25) is 5.95 Å². The Morgan fingerprint density at radius 2 is 1.98 bits per heavy atom. The molecule has 12 nitrogen and oxygen atoms in total. The Balaban J connectivity index is 1.07. The number of pyridine rings is 1. The van der Waals surface area contributed by atoms with Gasteiger partial charge in [-0.25, -0.2) is 4.52 Å². The van der Waals surface area contributed by atoms with Gasteiger partial charge in [-0.2, -0.15) is 15.3 Å². The molecule has 0 aliphatic carbocycles. The van der Waals surface area contributed by atoms with Crippen molar-refractivity contribution >= 4 is 28.9 Å². The summed E-state index contributed by atoms with van der Waals surface area (Å²) in [5.74, 6) is 0.383. The van der Waals surface area contributed by atoms with Gasteiger partial charge in [0, 0.05) is 56.4 Å². The molecule has 0 bridgehead atoms. The number of amides is 1. The second-order valence-corrected chi connectivity index (χ2v) is 10.9. The van der Waals surface area contributed by atoms with E-state index in [9.17, 15) is 10.1 Å². The topological polar surface area (TPSA) is 129 Å². The van der Waals surface area contributed by atoms with E-state index in [4.69, 9.17) is 9.72 Å². The van der Waals surface area contributed by atoms with E-state index in [1.165, 1.54) is 0 Å². The highest BCUT2D eigenvalue weighted by Crippen LogP contribution is 2.37. The van der Waals surface area contributed by atoms with Crippen LogP contribution in [-0.4, -0.2) is 87.7 Å². The molecule has 0 spiro atoms. The van der Waals surface area contributed by atoms with Gasteiger partial charge in [-0.1, -0.05) is 6.92 Å². The highest BCUT2D eigenvalue weighted by atomic mass is 16.5. The lowest BCUT2D eigenvalue weighted by atomic mass is 9.86. The summed E-state index contributed by atoms with van der Waals surface area (Å²) >= 11 is 0. The summed E-state index contributed by atoms with van der Waals surface area (Å²) in [6.07, 6.45) is 8.01. The summed E-state index contributed by atoms with van der Waals surface area (Å²) in [6, 6.07) is 13.6. The van der Waals surface area contributed by atoms with Crippen LogP contribution in [-0.2, 0) is 16.7 Å². The molecule has 12 heteroatoms. The molecule has 2 fully saturated rings. The van der Waals surface area contributed by atoms with Crippen LogP contribution in [0.1, 0.15) is 35.7 Å². The monoisotopic (exact) mass is 568 g/mol. The molecular weight excluding hydrogens is 532 g/mol. The minimum atomic E-state index is -0.354. The smallest absolute Gasteiger partial charge is 0.251 e. The van der Waals surface area contributed by atoms with E-state index in [0.29, 0.717) is 37.6 Å². The third-order valence-corrected chi connectivity index (χ3v) is 8.03. The Morgan fingerprint density at radius 3 is 2.71 bits per heavy atom. The molecular formula is C30H36N10O2. The zero-order valence-corrected chi connectivity index (χ0v) is 23.9. The van der Waals surface area contributed by atoms with E-state index in [-0.39, 0.29) is 11.4 Å². The summed E-state index contributed by atoms with van der Waals surface area (Å²) in [6.45, 7) is 8.51. The second-order valence-electron chi connectivity index (χ2n) is 10.9. The maximum absolute atomic E-state index is 12.6. The fourth-order valence-electron chi connectivity index (χ4n) is 5.58. The quantitative estimate of drug-likeness (QED) is 0.263. The molecule has 2 saturated heterocycles. The van der Waals surface area contributed by atoms with Crippen LogP contribution in [0.4, 0.5) is 17.3 Å². The Hall–Kier alpha value is -4.47. The lowest BCUT2D eigenvalue weighted by molar-refractivity contribution is 0.0374. The van der Waals surface area contributed by atoms with Gasteiger partial charge in [0.1, 0.15) is 5.54 Å². The second kappa shape index (κ2) is 12.2. The summed E-state index contributed by atoms with van der Waals surface area (Å²) in [5, 5.41) is 25.0. The first-order valence-electron chi connectivity index (χ1n) is 14.5. The fraction of sp³-hybridized carbons (Fsp3) is 0.433. The number of nitriles is 1. The minimum Gasteiger partial charge on any atom is -0.379 e. The largest absolute Gasteiger partial charge is 0.379 e. The number of nitrogens with one attached hydrogen (secondary N) is 2. The number of nitrogens with zero attached hydrogens (tertiary/aromatic N) is 8. The van der Waals surface area contributed by atoms with Crippen LogP contribution in [0, 0.1) is 11.3 Å². The van der Waals surface area contributed by atoms with Gasteiger partial charge in [0.15, 0.2) is 5.65 Å². The van der Waals surface area contributed by atoms with Crippen molar-refractivity contribution in [2.24, 2.45) is 0 Å². The zero-order chi connectivity index (χ0) is 28.9. The molecule has 2 aliphatic heterocycles. The first kappa shape index (κ1) is 27.7. The number of ether oxygens (including phenoxy) is 1. The Kier molecular flexibility index (Phi) is 8.03. The van der Waals surface area contributed by atoms with Crippen molar-refractivity contribution in [1.29, 1.82) is 5.26 Å². The summed E-state index contributed by atoms with van der Waals surface area (Å²) < 4.78 is 9.09. The number of carbonyl (C=O) groups is 1. The van der Waals surface area contributed by atoms with E-state index in [1.54, 1.807) is 16.6 Å². The van der Waals surface area contributed by atoms with Gasteiger partial charge in [-0.15, -0.1) is 5.10 Å². The van der Waals surface area contributed by atoms with Crippen LogP contribution in [0.5, 0.6) is 0 Å². The predicted octanol–water partition coefficient (Wildman–Crippen LogP) is 2.81. The SMILES string of the molecule is CCc1cnn(C2(CC#N)CN(c3cccn4nc(Nc5ccc(C(=O)NCCCN6CCOCC6)cc5)nc34)C2)c1. The molecule has 0 saturated carbocycles. The molecule has 2 N–H and O–H groups in total. The van der Waals surface area contributed by atoms with Crippen molar-refractivity contribution in [3.63, 3.8) is 0 Å². The number of anilines is 3. The summed E-state index contributed by atoms with van der Waals surface area (Å²) in [7, 11) is 0. The molecule has 218 valence electrons. The third kappa shape index (κ3) is 5.79. The van der Waals surface area contributed by atoms with E-state index < -0.39 is 0 Å². The van der Waals surface area contributed by atoms with Gasteiger partial charge in [-0.3, -0.25) is 14.4 Å². The lowest BCUT2D eigenvalue weighted by Gasteiger charge is -2.50. The van der Waals surface area contributed by atoms with Gasteiger partial charge < -0.3 is 20.3 Å². The molecule has 1 aromatic carbocycles. The number of carbonyl (C=O) groups excluding carboxylic acids is 1. The van der Waals surface area contributed by atoms with Crippen molar-refractivity contribution in [3.8, 4) is 6.07 Å². The average Bonchev–Trinajstić information content (AvgIpc) is 3.65. The normalized spacial score (nSPS) is 16.6. The average molecular weight is 569 g/mol. The molecule has 4 aromatic rings. The first-order valence-corrected chi connectivity index (χ1v) is 14.5. The molecule has 0 radical (unpaired) electrons. The van der Waals surface area contributed by atoms with Crippen LogP contribution in [0.25, 0.3) is 5.65 Å². The Labute approximate surface area is 244 Å². The number of hydrogen-bond donors (Lipinski definition) is 2. The number of rotatable bonds is 11. The maximum Gasteiger partial charge on any atom is 0.251 e. The minimum absolute atomic E-state index is 0.0814. The highest BCUT2D eigenvalue weighted by Gasteiger charge is 2.46. The fourth-order valence-corrected chi connectivity index (χ4v) is 5.58. The van der Waals surface area contributed by atoms with Crippen LogP contribution < -0.4 is 15.5 Å². The van der Waals surface area contributed by atoms with Crippen molar-refractivity contribution in [3.05, 3.63) is 66.1 Å². The third-order valence-electron chi connectivity index (χ3n) is 8.03. The number of benzene rings is 1. The Morgan fingerprint density at radius 1 is 1.17 bits per heavy atom. The van der Waals surface area contributed by atoms with Crippen molar-refractivity contribution in [2.45, 2.75) is 31.7 Å². The van der Waals surface area contributed by atoms with Crippen molar-refractivity contribution in [2.75, 3.05) is 62.7 Å². The van der Waals surface area contributed by atoms with E-state index in [2.05, 4.69) is 49.8 Å². The van der Waals surface area contributed by atoms with E-state index in [1.807, 2.05) is 41.3 Å². The Bertz CT molecular complexity index is 1560. The van der Waals surface area contributed by atoms with Gasteiger partial charge in [0.25, 0.3) is 5.91 Å². The molecule has 0 atom stereocenters. The van der Waals surface area contributed by atoms with Crippen molar-refractivity contribution in [1.82, 2.24) is 34.6 Å². The molecule has 6 rings (SSSR count). The molecule has 3 aromatic heterocycles. The number of aromatic nitrogens is 5. The first-order chi connectivity index (χ1) is 20.6. The highest BCUT2D eigenvalue weighted by molar-refractivity contribution is 5.94. The molecule has 2 aliphatic rings. The van der Waals surface area contributed by atoms with Crippen LogP contribution in [0.3, 0.4) is 0 Å². The maximum atomic E-state index is 12.6. The number of hydrogen-bond acceptors (Lipinski definition) is 9. The van der Waals surface area contributed by atoms with Gasteiger partial charge in [0.05, 0.1) is 37.6 Å². The summed E-state index contributed by atoms with van der Waals surface area (Å²) in [4.78, 5) is 21.9. The number of aryl methyl sites for hydroxylation is 1. The molecule has 1 amide bonds. The van der Waals surface area contributed by atoms with Crippen molar-refractivity contribution < 1.29 is 9.53 Å². The predicted molar refractivity (Wildman–Crippen MR) is 159 cm³/mol. The lowest BCUT2D eigenvalue weighted by Crippen LogP contribution is -2.63. The molecule has 5 heterocycles. The van der Waals surface area contributed by atoms with Crippen LogP contribution in [0.2, 0.25) is 0 Å². The van der Waals surface area contributed by atoms with Gasteiger partial charge >= 0.3 is 0 Å². The summed E-state index contributed by atoms with van der Waals surface area (Å²) in [5.41, 5.74) is 3.89. The number of fused-ring (bicyclic) bond motifs is 1. The van der Waals surface area contributed by atoms with Crippen LogP contribution >= 0.6 is 0 Å². The molecule has 42 heavy (non-hydrogen) atoms. The van der Waals surface area contributed by atoms with Crippen LogP contribution in [0.15, 0.2) is 55.0 Å². The van der Waals surface area contributed by atoms with E-state index in [0.717, 1.165) is 68.3 Å².